The fourth-order valence-electron chi connectivity index (χ4n) is 2.05. The third kappa shape index (κ3) is 4.14. The van der Waals surface area contributed by atoms with Crippen molar-refractivity contribution in [2.45, 2.75) is 6.92 Å². The third-order valence-corrected chi connectivity index (χ3v) is 4.22. The molecule has 0 spiro atoms. The van der Waals surface area contributed by atoms with E-state index in [1.807, 2.05) is 11.8 Å². The Morgan fingerprint density at radius 1 is 1.42 bits per heavy atom. The van der Waals surface area contributed by atoms with Crippen molar-refractivity contribution < 1.29 is 9.90 Å². The Bertz CT molecular complexity index is 445. The van der Waals surface area contributed by atoms with Crippen molar-refractivity contribution in [3.8, 4) is 5.75 Å². The van der Waals surface area contributed by atoms with Gasteiger partial charge in [0.2, 0.25) is 0 Å². The minimum atomic E-state index is -0.0746. The van der Waals surface area contributed by atoms with E-state index in [9.17, 15) is 9.90 Å². The molecule has 2 N–H and O–H groups in total. The maximum absolute atomic E-state index is 11.9. The van der Waals surface area contributed by atoms with Gasteiger partial charge in [0.15, 0.2) is 0 Å². The molecule has 1 fully saturated rings. The van der Waals surface area contributed by atoms with E-state index >= 15 is 0 Å². The molecule has 1 aromatic rings. The average molecular weight is 280 g/mol. The van der Waals surface area contributed by atoms with Crippen LogP contribution in [0.15, 0.2) is 18.2 Å². The number of rotatable bonds is 4. The van der Waals surface area contributed by atoms with Crippen LogP contribution in [0.4, 0.5) is 0 Å². The van der Waals surface area contributed by atoms with Crippen molar-refractivity contribution in [1.82, 2.24) is 10.2 Å². The molecule has 5 heteroatoms. The van der Waals surface area contributed by atoms with E-state index in [2.05, 4.69) is 10.2 Å². The Labute approximate surface area is 118 Å². The van der Waals surface area contributed by atoms with Crippen molar-refractivity contribution in [1.29, 1.82) is 0 Å². The van der Waals surface area contributed by atoms with Gasteiger partial charge < -0.3 is 10.4 Å². The number of carbonyl (C=O) groups excluding carboxylic acids is 1. The summed E-state index contributed by atoms with van der Waals surface area (Å²) in [5.74, 6) is 2.52. The number of phenolic OH excluding ortho intramolecular Hbond substituents is 1. The first-order chi connectivity index (χ1) is 9.16. The quantitative estimate of drug-likeness (QED) is 0.877. The summed E-state index contributed by atoms with van der Waals surface area (Å²) in [5, 5.41) is 12.4. The van der Waals surface area contributed by atoms with Gasteiger partial charge in [-0.15, -0.1) is 0 Å². The lowest BCUT2D eigenvalue weighted by molar-refractivity contribution is 0.0949. The van der Waals surface area contributed by atoms with Crippen LogP contribution in [0.5, 0.6) is 5.75 Å². The Kier molecular flexibility index (Phi) is 5.10. The molecule has 2 rings (SSSR count). The SMILES string of the molecule is Cc1cc(C(=O)NCCN2CCSCC2)ccc1O. The maximum Gasteiger partial charge on any atom is 0.251 e. The number of nitrogens with one attached hydrogen (secondary N) is 1. The predicted molar refractivity (Wildman–Crippen MR) is 78.9 cm³/mol. The summed E-state index contributed by atoms with van der Waals surface area (Å²) in [6, 6.07) is 4.92. The molecule has 0 aliphatic carbocycles. The van der Waals surface area contributed by atoms with Gasteiger partial charge in [-0.05, 0) is 30.7 Å². The van der Waals surface area contributed by atoms with Crippen molar-refractivity contribution in [3.05, 3.63) is 29.3 Å². The molecular formula is C14H20N2O2S. The summed E-state index contributed by atoms with van der Waals surface area (Å²) >= 11 is 1.99. The van der Waals surface area contributed by atoms with Crippen LogP contribution in [0.2, 0.25) is 0 Å². The second-order valence-electron chi connectivity index (χ2n) is 4.71. The van der Waals surface area contributed by atoms with Gasteiger partial charge in [-0.3, -0.25) is 9.69 Å². The highest BCUT2D eigenvalue weighted by atomic mass is 32.2. The number of hydrogen-bond acceptors (Lipinski definition) is 4. The molecule has 1 heterocycles. The highest BCUT2D eigenvalue weighted by Gasteiger charge is 2.11. The molecule has 19 heavy (non-hydrogen) atoms. The van der Waals surface area contributed by atoms with Gasteiger partial charge >= 0.3 is 0 Å². The summed E-state index contributed by atoms with van der Waals surface area (Å²) < 4.78 is 0. The lowest BCUT2D eigenvalue weighted by Gasteiger charge is -2.26. The van der Waals surface area contributed by atoms with Crippen LogP contribution in [0.1, 0.15) is 15.9 Å². The first kappa shape index (κ1) is 14.2. The standard InChI is InChI=1S/C14H20N2O2S/c1-11-10-12(2-3-13(11)17)14(18)15-4-5-16-6-8-19-9-7-16/h2-3,10,17H,4-9H2,1H3,(H,15,18). The summed E-state index contributed by atoms with van der Waals surface area (Å²) in [7, 11) is 0. The summed E-state index contributed by atoms with van der Waals surface area (Å²) in [5.41, 5.74) is 1.32. The first-order valence-corrected chi connectivity index (χ1v) is 7.70. The molecule has 0 aromatic heterocycles. The monoisotopic (exact) mass is 280 g/mol. The van der Waals surface area contributed by atoms with Crippen LogP contribution in [0, 0.1) is 6.92 Å². The van der Waals surface area contributed by atoms with E-state index in [1.165, 1.54) is 11.5 Å². The molecule has 1 amide bonds. The Balaban J connectivity index is 1.78. The van der Waals surface area contributed by atoms with E-state index in [1.54, 1.807) is 25.1 Å². The van der Waals surface area contributed by atoms with Crippen LogP contribution in [0.3, 0.4) is 0 Å². The molecule has 104 valence electrons. The van der Waals surface area contributed by atoms with Gasteiger partial charge in [0.25, 0.3) is 5.91 Å². The number of aromatic hydroxyl groups is 1. The zero-order valence-corrected chi connectivity index (χ0v) is 12.0. The van der Waals surface area contributed by atoms with Crippen molar-refractivity contribution in [2.75, 3.05) is 37.7 Å². The summed E-state index contributed by atoms with van der Waals surface area (Å²) in [4.78, 5) is 14.3. The second-order valence-corrected chi connectivity index (χ2v) is 5.94. The number of amides is 1. The molecule has 4 nitrogen and oxygen atoms in total. The normalized spacial score (nSPS) is 16.3. The number of aryl methyl sites for hydroxylation is 1. The van der Waals surface area contributed by atoms with Crippen LogP contribution in [-0.2, 0) is 0 Å². The molecule has 1 aliphatic rings. The van der Waals surface area contributed by atoms with Crippen molar-refractivity contribution >= 4 is 17.7 Å². The molecule has 1 aliphatic heterocycles. The Morgan fingerprint density at radius 2 is 2.16 bits per heavy atom. The van der Waals surface area contributed by atoms with E-state index in [-0.39, 0.29) is 11.7 Å². The highest BCUT2D eigenvalue weighted by Crippen LogP contribution is 2.16. The average Bonchev–Trinajstić information content (AvgIpc) is 2.43. The van der Waals surface area contributed by atoms with Gasteiger partial charge in [0, 0.05) is 43.2 Å². The van der Waals surface area contributed by atoms with Crippen LogP contribution >= 0.6 is 11.8 Å². The third-order valence-electron chi connectivity index (χ3n) is 3.28. The smallest absolute Gasteiger partial charge is 0.251 e. The van der Waals surface area contributed by atoms with Gasteiger partial charge in [-0.2, -0.15) is 11.8 Å². The minimum absolute atomic E-state index is 0.0746. The predicted octanol–water partition coefficient (Wildman–Crippen LogP) is 1.48. The van der Waals surface area contributed by atoms with E-state index in [4.69, 9.17) is 0 Å². The van der Waals surface area contributed by atoms with Gasteiger partial charge in [-0.25, -0.2) is 0 Å². The van der Waals surface area contributed by atoms with Gasteiger partial charge in [0.1, 0.15) is 5.75 Å². The minimum Gasteiger partial charge on any atom is -0.508 e. The molecule has 0 bridgehead atoms. The highest BCUT2D eigenvalue weighted by molar-refractivity contribution is 7.99. The Morgan fingerprint density at radius 3 is 2.84 bits per heavy atom. The zero-order valence-electron chi connectivity index (χ0n) is 11.2. The number of phenols is 1. The number of hydrogen-bond donors (Lipinski definition) is 2. The van der Waals surface area contributed by atoms with Crippen LogP contribution < -0.4 is 5.32 Å². The fourth-order valence-corrected chi connectivity index (χ4v) is 3.03. The molecular weight excluding hydrogens is 260 g/mol. The molecule has 1 saturated heterocycles. The number of nitrogens with zero attached hydrogens (tertiary/aromatic N) is 1. The number of benzene rings is 1. The molecule has 0 saturated carbocycles. The topological polar surface area (TPSA) is 52.6 Å². The molecule has 0 unspecified atom stereocenters. The van der Waals surface area contributed by atoms with E-state index < -0.39 is 0 Å². The van der Waals surface area contributed by atoms with E-state index in [0.717, 1.165) is 25.2 Å². The zero-order chi connectivity index (χ0) is 13.7. The fraction of sp³-hybridized carbons (Fsp3) is 0.500. The van der Waals surface area contributed by atoms with Crippen LogP contribution in [-0.4, -0.2) is 53.6 Å². The summed E-state index contributed by atoms with van der Waals surface area (Å²) in [6.45, 7) is 5.59. The first-order valence-electron chi connectivity index (χ1n) is 6.55. The summed E-state index contributed by atoms with van der Waals surface area (Å²) in [6.07, 6.45) is 0. The number of thioether (sulfide) groups is 1. The molecule has 0 atom stereocenters. The Hall–Kier alpha value is -1.20. The van der Waals surface area contributed by atoms with Crippen molar-refractivity contribution in [3.63, 3.8) is 0 Å². The largest absolute Gasteiger partial charge is 0.508 e. The lowest BCUT2D eigenvalue weighted by atomic mass is 10.1. The lowest BCUT2D eigenvalue weighted by Crippen LogP contribution is -2.39. The second kappa shape index (κ2) is 6.82. The molecule has 0 radical (unpaired) electrons. The number of carbonyl (C=O) groups is 1. The van der Waals surface area contributed by atoms with E-state index in [0.29, 0.717) is 12.1 Å². The van der Waals surface area contributed by atoms with Crippen LogP contribution in [0.25, 0.3) is 0 Å². The van der Waals surface area contributed by atoms with Gasteiger partial charge in [-0.1, -0.05) is 0 Å². The van der Waals surface area contributed by atoms with Gasteiger partial charge in [0.05, 0.1) is 0 Å². The van der Waals surface area contributed by atoms with Crippen molar-refractivity contribution in [2.24, 2.45) is 0 Å². The molecule has 1 aromatic carbocycles. The maximum atomic E-state index is 11.9.